The second-order valence-electron chi connectivity index (χ2n) is 4.32. The summed E-state index contributed by atoms with van der Waals surface area (Å²) in [4.78, 5) is 1.32. The number of benzene rings is 1. The SMILES string of the molecule is CCc1c(-c2nnc(-c3ccccc3)o2)csc1C. The molecule has 3 rings (SSSR count). The van der Waals surface area contributed by atoms with E-state index in [4.69, 9.17) is 4.42 Å². The average molecular weight is 270 g/mol. The van der Waals surface area contributed by atoms with Gasteiger partial charge in [-0.15, -0.1) is 21.5 Å². The predicted octanol–water partition coefficient (Wildman–Crippen LogP) is 4.34. The maximum Gasteiger partial charge on any atom is 0.249 e. The van der Waals surface area contributed by atoms with Crippen LogP contribution in [0.4, 0.5) is 0 Å². The fourth-order valence-electron chi connectivity index (χ4n) is 2.13. The molecule has 0 bridgehead atoms. The van der Waals surface area contributed by atoms with Gasteiger partial charge in [0.1, 0.15) is 0 Å². The third-order valence-electron chi connectivity index (χ3n) is 3.13. The lowest BCUT2D eigenvalue weighted by atomic mass is 10.1. The second-order valence-corrected chi connectivity index (χ2v) is 5.40. The molecule has 2 aromatic heterocycles. The molecule has 0 radical (unpaired) electrons. The Labute approximate surface area is 115 Å². The van der Waals surface area contributed by atoms with Gasteiger partial charge in [0.05, 0.1) is 5.56 Å². The molecule has 96 valence electrons. The van der Waals surface area contributed by atoms with E-state index in [0.717, 1.165) is 17.5 Å². The summed E-state index contributed by atoms with van der Waals surface area (Å²) >= 11 is 1.73. The molecule has 0 aliphatic rings. The van der Waals surface area contributed by atoms with E-state index in [-0.39, 0.29) is 0 Å². The maximum atomic E-state index is 5.80. The van der Waals surface area contributed by atoms with Crippen LogP contribution < -0.4 is 0 Å². The molecule has 19 heavy (non-hydrogen) atoms. The minimum atomic E-state index is 0.571. The lowest BCUT2D eigenvalue weighted by Crippen LogP contribution is -1.84. The molecule has 0 N–H and O–H groups in total. The molecule has 0 amide bonds. The standard InChI is InChI=1S/C15H14N2OS/c1-3-12-10(2)19-9-13(12)15-17-16-14(18-15)11-7-5-4-6-8-11/h4-9H,3H2,1-2H3. The fraction of sp³-hybridized carbons (Fsp3) is 0.200. The first-order valence-electron chi connectivity index (χ1n) is 6.26. The summed E-state index contributed by atoms with van der Waals surface area (Å²) in [5, 5.41) is 10.4. The molecule has 3 aromatic rings. The smallest absolute Gasteiger partial charge is 0.249 e. The fourth-order valence-corrected chi connectivity index (χ4v) is 3.06. The van der Waals surface area contributed by atoms with Gasteiger partial charge in [0.2, 0.25) is 11.8 Å². The van der Waals surface area contributed by atoms with Crippen molar-refractivity contribution in [2.24, 2.45) is 0 Å². The zero-order valence-electron chi connectivity index (χ0n) is 10.9. The van der Waals surface area contributed by atoms with Crippen LogP contribution in [-0.4, -0.2) is 10.2 Å². The first-order valence-corrected chi connectivity index (χ1v) is 7.13. The van der Waals surface area contributed by atoms with Crippen molar-refractivity contribution in [2.45, 2.75) is 20.3 Å². The summed E-state index contributed by atoms with van der Waals surface area (Å²) in [5.41, 5.74) is 3.32. The van der Waals surface area contributed by atoms with Gasteiger partial charge in [-0.3, -0.25) is 0 Å². The van der Waals surface area contributed by atoms with Crippen molar-refractivity contribution in [1.29, 1.82) is 0 Å². The highest BCUT2D eigenvalue weighted by Crippen LogP contribution is 2.32. The highest BCUT2D eigenvalue weighted by molar-refractivity contribution is 7.10. The normalized spacial score (nSPS) is 10.8. The van der Waals surface area contributed by atoms with E-state index in [0.29, 0.717) is 11.8 Å². The Bertz CT molecular complexity index is 685. The molecule has 3 nitrogen and oxygen atoms in total. The number of hydrogen-bond donors (Lipinski definition) is 0. The molecular weight excluding hydrogens is 256 g/mol. The van der Waals surface area contributed by atoms with Gasteiger partial charge >= 0.3 is 0 Å². The zero-order valence-corrected chi connectivity index (χ0v) is 11.7. The highest BCUT2D eigenvalue weighted by atomic mass is 32.1. The van der Waals surface area contributed by atoms with Crippen molar-refractivity contribution in [2.75, 3.05) is 0 Å². The quantitative estimate of drug-likeness (QED) is 0.710. The Kier molecular flexibility index (Phi) is 3.17. The molecule has 0 aliphatic carbocycles. The first kappa shape index (κ1) is 12.1. The summed E-state index contributed by atoms with van der Waals surface area (Å²) in [5.74, 6) is 1.18. The van der Waals surface area contributed by atoms with Crippen molar-refractivity contribution in [1.82, 2.24) is 10.2 Å². The number of hydrogen-bond acceptors (Lipinski definition) is 4. The van der Waals surface area contributed by atoms with Gasteiger partial charge < -0.3 is 4.42 Å². The van der Waals surface area contributed by atoms with Crippen LogP contribution in [0.3, 0.4) is 0 Å². The van der Waals surface area contributed by atoms with Gasteiger partial charge in [-0.2, -0.15) is 0 Å². The van der Waals surface area contributed by atoms with Crippen LogP contribution in [0, 0.1) is 6.92 Å². The highest BCUT2D eigenvalue weighted by Gasteiger charge is 2.15. The Morgan fingerprint density at radius 3 is 2.58 bits per heavy atom. The predicted molar refractivity (Wildman–Crippen MR) is 77.2 cm³/mol. The summed E-state index contributed by atoms with van der Waals surface area (Å²) in [6, 6.07) is 9.84. The van der Waals surface area contributed by atoms with Crippen LogP contribution in [0.25, 0.3) is 22.9 Å². The first-order chi connectivity index (χ1) is 9.29. The molecule has 2 heterocycles. The minimum absolute atomic E-state index is 0.571. The van der Waals surface area contributed by atoms with E-state index in [1.165, 1.54) is 10.4 Å². The summed E-state index contributed by atoms with van der Waals surface area (Å²) in [6.45, 7) is 4.27. The molecular formula is C15H14N2OS. The van der Waals surface area contributed by atoms with E-state index >= 15 is 0 Å². The van der Waals surface area contributed by atoms with Crippen molar-refractivity contribution in [3.05, 3.63) is 46.2 Å². The minimum Gasteiger partial charge on any atom is -0.416 e. The largest absolute Gasteiger partial charge is 0.416 e. The van der Waals surface area contributed by atoms with E-state index in [1.807, 2.05) is 30.3 Å². The van der Waals surface area contributed by atoms with Crippen molar-refractivity contribution in [3.8, 4) is 22.9 Å². The van der Waals surface area contributed by atoms with E-state index in [9.17, 15) is 0 Å². The van der Waals surface area contributed by atoms with Crippen molar-refractivity contribution >= 4 is 11.3 Å². The Balaban J connectivity index is 2.02. The van der Waals surface area contributed by atoms with Gasteiger partial charge in [-0.05, 0) is 31.0 Å². The van der Waals surface area contributed by atoms with E-state index < -0.39 is 0 Å². The summed E-state index contributed by atoms with van der Waals surface area (Å²) < 4.78 is 5.80. The molecule has 0 spiro atoms. The molecule has 0 atom stereocenters. The molecule has 0 unspecified atom stereocenters. The van der Waals surface area contributed by atoms with Crippen molar-refractivity contribution < 1.29 is 4.42 Å². The van der Waals surface area contributed by atoms with E-state index in [1.54, 1.807) is 11.3 Å². The van der Waals surface area contributed by atoms with Gasteiger partial charge in [-0.1, -0.05) is 25.1 Å². The number of thiophene rings is 1. The topological polar surface area (TPSA) is 38.9 Å². The lowest BCUT2D eigenvalue weighted by Gasteiger charge is -1.97. The lowest BCUT2D eigenvalue weighted by molar-refractivity contribution is 0.584. The van der Waals surface area contributed by atoms with Crippen LogP contribution in [-0.2, 0) is 6.42 Å². The third-order valence-corrected chi connectivity index (χ3v) is 4.09. The van der Waals surface area contributed by atoms with Crippen LogP contribution in [0.1, 0.15) is 17.4 Å². The third kappa shape index (κ3) is 2.19. The summed E-state index contributed by atoms with van der Waals surface area (Å²) in [7, 11) is 0. The van der Waals surface area contributed by atoms with Gasteiger partial charge in [0.25, 0.3) is 0 Å². The molecule has 0 aliphatic heterocycles. The molecule has 4 heteroatoms. The number of aromatic nitrogens is 2. The maximum absolute atomic E-state index is 5.80. The molecule has 0 saturated carbocycles. The van der Waals surface area contributed by atoms with E-state index in [2.05, 4.69) is 29.4 Å². The number of nitrogens with zero attached hydrogens (tertiary/aromatic N) is 2. The van der Waals surface area contributed by atoms with Crippen LogP contribution in [0.2, 0.25) is 0 Å². The van der Waals surface area contributed by atoms with Crippen molar-refractivity contribution in [3.63, 3.8) is 0 Å². The van der Waals surface area contributed by atoms with Gasteiger partial charge in [0.15, 0.2) is 0 Å². The average Bonchev–Trinajstić information content (AvgIpc) is 3.06. The van der Waals surface area contributed by atoms with Crippen LogP contribution >= 0.6 is 11.3 Å². The van der Waals surface area contributed by atoms with Crippen LogP contribution in [0.5, 0.6) is 0 Å². The van der Waals surface area contributed by atoms with Gasteiger partial charge in [0, 0.05) is 15.8 Å². The Morgan fingerprint density at radius 2 is 1.84 bits per heavy atom. The second kappa shape index (κ2) is 4.97. The molecule has 0 saturated heterocycles. The number of aryl methyl sites for hydroxylation is 1. The number of rotatable bonds is 3. The zero-order chi connectivity index (χ0) is 13.2. The molecule has 1 aromatic carbocycles. The Hall–Kier alpha value is -1.94. The Morgan fingerprint density at radius 1 is 1.11 bits per heavy atom. The van der Waals surface area contributed by atoms with Crippen LogP contribution in [0.15, 0.2) is 40.1 Å². The van der Waals surface area contributed by atoms with Gasteiger partial charge in [-0.25, -0.2) is 0 Å². The molecule has 0 fully saturated rings. The monoisotopic (exact) mass is 270 g/mol. The summed E-state index contributed by atoms with van der Waals surface area (Å²) in [6.07, 6.45) is 0.980.